The van der Waals surface area contributed by atoms with E-state index in [1.807, 2.05) is 13.0 Å². The minimum Gasteiger partial charge on any atom is -0.356 e. The minimum atomic E-state index is 0.732. The first-order valence-electron chi connectivity index (χ1n) is 5.55. The lowest BCUT2D eigenvalue weighted by atomic mass is 9.99. The lowest BCUT2D eigenvalue weighted by molar-refractivity contribution is 0.389. The SMILES string of the molecule is Cc1cc(C2=C[C@@H]3CN(C)C[C@@H]3C2)on1. The highest BCUT2D eigenvalue weighted by molar-refractivity contribution is 5.64. The van der Waals surface area contributed by atoms with Crippen LogP contribution in [0.1, 0.15) is 17.9 Å². The van der Waals surface area contributed by atoms with E-state index in [4.69, 9.17) is 4.52 Å². The van der Waals surface area contributed by atoms with E-state index in [9.17, 15) is 0 Å². The lowest BCUT2D eigenvalue weighted by Crippen LogP contribution is -2.14. The van der Waals surface area contributed by atoms with Crippen molar-refractivity contribution in [2.75, 3.05) is 20.1 Å². The van der Waals surface area contributed by atoms with Crippen molar-refractivity contribution in [3.63, 3.8) is 0 Å². The number of hydrogen-bond acceptors (Lipinski definition) is 3. The van der Waals surface area contributed by atoms with Gasteiger partial charge in [-0.2, -0.15) is 0 Å². The first kappa shape index (κ1) is 9.16. The standard InChI is InChI=1S/C12H16N2O/c1-8-3-12(15-13-8)9-4-10-6-14(2)7-11(10)5-9/h3-4,10-11H,5-7H2,1-2H3/t10-,11+/m1/s1. The van der Waals surface area contributed by atoms with Gasteiger partial charge in [-0.25, -0.2) is 0 Å². The summed E-state index contributed by atoms with van der Waals surface area (Å²) in [5.74, 6) is 2.51. The molecule has 0 aromatic carbocycles. The Morgan fingerprint density at radius 3 is 3.00 bits per heavy atom. The summed E-state index contributed by atoms with van der Waals surface area (Å²) in [7, 11) is 2.20. The van der Waals surface area contributed by atoms with Gasteiger partial charge in [0.25, 0.3) is 0 Å². The van der Waals surface area contributed by atoms with Crippen LogP contribution in [0.15, 0.2) is 16.7 Å². The minimum absolute atomic E-state index is 0.732. The van der Waals surface area contributed by atoms with Gasteiger partial charge in [-0.1, -0.05) is 11.2 Å². The summed E-state index contributed by atoms with van der Waals surface area (Å²) in [4.78, 5) is 2.41. The van der Waals surface area contributed by atoms with Crippen LogP contribution in [0.2, 0.25) is 0 Å². The van der Waals surface area contributed by atoms with Gasteiger partial charge in [0.1, 0.15) is 0 Å². The maximum Gasteiger partial charge on any atom is 0.162 e. The number of rotatable bonds is 1. The molecule has 3 nitrogen and oxygen atoms in total. The molecule has 1 aliphatic heterocycles. The molecule has 0 saturated carbocycles. The summed E-state index contributed by atoms with van der Waals surface area (Å²) >= 11 is 0. The van der Waals surface area contributed by atoms with Crippen LogP contribution in [-0.4, -0.2) is 30.2 Å². The molecule has 0 spiro atoms. The Kier molecular flexibility index (Phi) is 1.96. The number of aromatic nitrogens is 1. The Hall–Kier alpha value is -1.09. The zero-order valence-corrected chi connectivity index (χ0v) is 9.23. The highest BCUT2D eigenvalue weighted by atomic mass is 16.5. The number of likely N-dealkylation sites (tertiary alicyclic amines) is 1. The molecule has 0 amide bonds. The van der Waals surface area contributed by atoms with Gasteiger partial charge >= 0.3 is 0 Å². The molecule has 2 atom stereocenters. The second-order valence-electron chi connectivity index (χ2n) is 4.87. The highest BCUT2D eigenvalue weighted by Crippen LogP contribution is 2.40. The first-order chi connectivity index (χ1) is 7.22. The third kappa shape index (κ3) is 1.51. The Morgan fingerprint density at radius 1 is 1.47 bits per heavy atom. The normalized spacial score (nSPS) is 30.7. The third-order valence-electron chi connectivity index (χ3n) is 3.52. The molecule has 1 fully saturated rings. The second-order valence-corrected chi connectivity index (χ2v) is 4.87. The number of allylic oxidation sites excluding steroid dienone is 1. The fourth-order valence-corrected chi connectivity index (χ4v) is 2.83. The molecule has 2 heterocycles. The van der Waals surface area contributed by atoms with Gasteiger partial charge < -0.3 is 9.42 Å². The molecule has 0 bridgehead atoms. The van der Waals surface area contributed by atoms with E-state index >= 15 is 0 Å². The maximum absolute atomic E-state index is 5.31. The average Bonchev–Trinajstić information content (AvgIpc) is 2.78. The number of nitrogens with zero attached hydrogens (tertiary/aromatic N) is 2. The molecule has 2 aliphatic rings. The Bertz CT molecular complexity index is 408. The molecule has 1 aromatic rings. The summed E-state index contributed by atoms with van der Waals surface area (Å²) in [6.45, 7) is 4.39. The van der Waals surface area contributed by atoms with Gasteiger partial charge in [-0.05, 0) is 37.8 Å². The van der Waals surface area contributed by atoms with E-state index in [1.165, 1.54) is 18.7 Å². The van der Waals surface area contributed by atoms with E-state index in [0.717, 1.165) is 29.7 Å². The monoisotopic (exact) mass is 204 g/mol. The summed E-state index contributed by atoms with van der Waals surface area (Å²) in [6.07, 6.45) is 3.54. The summed E-state index contributed by atoms with van der Waals surface area (Å²) in [6, 6.07) is 2.04. The van der Waals surface area contributed by atoms with Crippen molar-refractivity contribution < 1.29 is 4.52 Å². The predicted octanol–water partition coefficient (Wildman–Crippen LogP) is 1.95. The molecule has 3 rings (SSSR count). The van der Waals surface area contributed by atoms with E-state index in [0.29, 0.717) is 0 Å². The van der Waals surface area contributed by atoms with Crippen molar-refractivity contribution in [1.29, 1.82) is 0 Å². The summed E-state index contributed by atoms with van der Waals surface area (Å²) in [5.41, 5.74) is 2.33. The lowest BCUT2D eigenvalue weighted by Gasteiger charge is -2.07. The van der Waals surface area contributed by atoms with Crippen LogP contribution in [-0.2, 0) is 0 Å². The molecule has 1 aromatic heterocycles. The molecule has 3 heteroatoms. The molecular weight excluding hydrogens is 188 g/mol. The predicted molar refractivity (Wildman–Crippen MR) is 58.3 cm³/mol. The zero-order chi connectivity index (χ0) is 10.4. The van der Waals surface area contributed by atoms with Crippen molar-refractivity contribution in [2.45, 2.75) is 13.3 Å². The first-order valence-corrected chi connectivity index (χ1v) is 5.55. The van der Waals surface area contributed by atoms with Crippen molar-refractivity contribution in [3.8, 4) is 0 Å². The Labute approximate surface area is 89.7 Å². The van der Waals surface area contributed by atoms with Crippen LogP contribution in [0.4, 0.5) is 0 Å². The van der Waals surface area contributed by atoms with Crippen LogP contribution >= 0.6 is 0 Å². The molecule has 15 heavy (non-hydrogen) atoms. The number of fused-ring (bicyclic) bond motifs is 1. The van der Waals surface area contributed by atoms with E-state index in [2.05, 4.69) is 23.2 Å². The quantitative estimate of drug-likeness (QED) is 0.700. The van der Waals surface area contributed by atoms with E-state index < -0.39 is 0 Å². The average molecular weight is 204 g/mol. The maximum atomic E-state index is 5.31. The van der Waals surface area contributed by atoms with Crippen molar-refractivity contribution in [2.24, 2.45) is 11.8 Å². The largest absolute Gasteiger partial charge is 0.356 e. The summed E-state index contributed by atoms with van der Waals surface area (Å²) in [5, 5.41) is 3.94. The van der Waals surface area contributed by atoms with Gasteiger partial charge in [-0.3, -0.25) is 0 Å². The second kappa shape index (κ2) is 3.20. The van der Waals surface area contributed by atoms with Crippen molar-refractivity contribution in [1.82, 2.24) is 10.1 Å². The Morgan fingerprint density at radius 2 is 2.33 bits per heavy atom. The van der Waals surface area contributed by atoms with E-state index in [1.54, 1.807) is 0 Å². The van der Waals surface area contributed by atoms with Gasteiger partial charge in [0.2, 0.25) is 0 Å². The molecule has 80 valence electrons. The van der Waals surface area contributed by atoms with Crippen molar-refractivity contribution in [3.05, 3.63) is 23.6 Å². The summed E-state index contributed by atoms with van der Waals surface area (Å²) < 4.78 is 5.31. The van der Waals surface area contributed by atoms with Crippen LogP contribution in [0, 0.1) is 18.8 Å². The zero-order valence-electron chi connectivity index (χ0n) is 9.23. The molecular formula is C12H16N2O. The third-order valence-corrected chi connectivity index (χ3v) is 3.52. The van der Waals surface area contributed by atoms with Crippen LogP contribution in [0.5, 0.6) is 0 Å². The molecule has 0 N–H and O–H groups in total. The molecule has 1 aliphatic carbocycles. The van der Waals surface area contributed by atoms with Gasteiger partial charge in [0.15, 0.2) is 5.76 Å². The van der Waals surface area contributed by atoms with Gasteiger partial charge in [0.05, 0.1) is 5.69 Å². The van der Waals surface area contributed by atoms with Crippen LogP contribution in [0.25, 0.3) is 5.57 Å². The fraction of sp³-hybridized carbons (Fsp3) is 0.583. The number of aryl methyl sites for hydroxylation is 1. The molecule has 0 radical (unpaired) electrons. The molecule has 0 unspecified atom stereocenters. The molecule has 1 saturated heterocycles. The fourth-order valence-electron chi connectivity index (χ4n) is 2.83. The Balaban J connectivity index is 1.83. The van der Waals surface area contributed by atoms with E-state index in [-0.39, 0.29) is 0 Å². The van der Waals surface area contributed by atoms with Gasteiger partial charge in [-0.15, -0.1) is 0 Å². The number of hydrogen-bond donors (Lipinski definition) is 0. The van der Waals surface area contributed by atoms with Crippen molar-refractivity contribution >= 4 is 5.57 Å². The highest BCUT2D eigenvalue weighted by Gasteiger charge is 2.35. The van der Waals surface area contributed by atoms with Crippen LogP contribution < -0.4 is 0 Å². The van der Waals surface area contributed by atoms with Gasteiger partial charge in [0, 0.05) is 19.2 Å². The van der Waals surface area contributed by atoms with Crippen LogP contribution in [0.3, 0.4) is 0 Å². The topological polar surface area (TPSA) is 29.3 Å². The smallest absolute Gasteiger partial charge is 0.162 e.